The summed E-state index contributed by atoms with van der Waals surface area (Å²) in [6.07, 6.45) is -5.38. The second-order valence-electron chi connectivity index (χ2n) is 10.5. The highest BCUT2D eigenvalue weighted by Crippen LogP contribution is 2.40. The van der Waals surface area contributed by atoms with Gasteiger partial charge in [-0.15, -0.1) is 13.2 Å². The Labute approximate surface area is 267 Å². The van der Waals surface area contributed by atoms with Gasteiger partial charge in [0.05, 0.1) is 5.56 Å². The van der Waals surface area contributed by atoms with Crippen LogP contribution in [0.4, 0.5) is 39.5 Å². The number of halogens is 9. The van der Waals surface area contributed by atoms with Crippen molar-refractivity contribution in [3.05, 3.63) is 129 Å². The zero-order chi connectivity index (χ0) is 35.1. The van der Waals surface area contributed by atoms with Crippen LogP contribution >= 0.6 is 0 Å². The third-order valence-electron chi connectivity index (χ3n) is 6.87. The maximum absolute atomic E-state index is 15.3. The van der Waals surface area contributed by atoms with Crippen molar-refractivity contribution in [2.24, 2.45) is 0 Å². The van der Waals surface area contributed by atoms with E-state index in [1.54, 1.807) is 12.1 Å². The van der Waals surface area contributed by atoms with Crippen molar-refractivity contribution >= 4 is 0 Å². The smallest absolute Gasteiger partial charge is 0.429 e. The average molecular weight is 667 g/mol. The first-order chi connectivity index (χ1) is 22.0. The van der Waals surface area contributed by atoms with E-state index in [-0.39, 0.29) is 39.5 Å². The highest BCUT2D eigenvalue weighted by atomic mass is 19.4. The summed E-state index contributed by atoms with van der Waals surface area (Å²) in [5.74, 6) is -1.34. The van der Waals surface area contributed by atoms with E-state index in [0.717, 1.165) is 63.8 Å². The lowest BCUT2D eigenvalue weighted by molar-refractivity contribution is -0.304. The first-order valence-corrected chi connectivity index (χ1v) is 14.4. The second-order valence-corrected chi connectivity index (χ2v) is 10.5. The van der Waals surface area contributed by atoms with Crippen molar-refractivity contribution in [3.8, 4) is 23.0 Å². The molecule has 0 saturated carbocycles. The molecule has 0 amide bonds. The number of ether oxygens (including phenoxy) is 2. The number of alkyl halides is 5. The van der Waals surface area contributed by atoms with Gasteiger partial charge in [0.2, 0.25) is 0 Å². The van der Waals surface area contributed by atoms with Gasteiger partial charge in [0.25, 0.3) is 0 Å². The standard InChI is InChI=1S/C36H31F9O2/c1-6-9-10-23-11-13-25(28(37)17-23)14-12-24-15-21(4)33(30(39)18-24)26-16-22(5)34(31(40)19-26)35(41,42)46-27(7-2)20-29(38)32(8-3)47-36(43,44)45/h7-8,11,13,15-20H,6,9-10H2,1-5H3/b27-7+,29-20+,32-8-. The molecule has 0 aliphatic heterocycles. The third-order valence-corrected chi connectivity index (χ3v) is 6.87. The molecule has 0 atom stereocenters. The molecular weight excluding hydrogens is 635 g/mol. The SMILES string of the molecule is C/C=C(OC(F)(F)F)/C(F)=C\C(=C/C)OC(F)(F)c1c(C)cc(-c2c(C)cc(C#Cc3ccc(CCCC)cc3F)cc2F)cc1F. The van der Waals surface area contributed by atoms with Crippen LogP contribution in [0.15, 0.2) is 78.0 Å². The van der Waals surface area contributed by atoms with Gasteiger partial charge in [-0.05, 0) is 105 Å². The molecule has 0 fully saturated rings. The van der Waals surface area contributed by atoms with Crippen LogP contribution in [0.25, 0.3) is 11.1 Å². The van der Waals surface area contributed by atoms with E-state index in [1.807, 2.05) is 6.92 Å². The summed E-state index contributed by atoms with van der Waals surface area (Å²) >= 11 is 0. The molecule has 0 aromatic heterocycles. The normalized spacial score (nSPS) is 12.9. The maximum Gasteiger partial charge on any atom is 0.573 e. The van der Waals surface area contributed by atoms with Crippen molar-refractivity contribution in [2.75, 3.05) is 0 Å². The van der Waals surface area contributed by atoms with E-state index in [0.29, 0.717) is 12.1 Å². The third kappa shape index (κ3) is 9.70. The van der Waals surface area contributed by atoms with E-state index in [9.17, 15) is 22.0 Å². The fourth-order valence-corrected chi connectivity index (χ4v) is 4.71. The molecule has 0 saturated heterocycles. The van der Waals surface area contributed by atoms with Gasteiger partial charge in [-0.1, -0.05) is 37.3 Å². The van der Waals surface area contributed by atoms with Crippen LogP contribution in [0.2, 0.25) is 0 Å². The topological polar surface area (TPSA) is 18.5 Å². The average Bonchev–Trinajstić information content (AvgIpc) is 2.96. The monoisotopic (exact) mass is 666 g/mol. The van der Waals surface area contributed by atoms with E-state index in [2.05, 4.69) is 21.3 Å². The molecule has 0 bridgehead atoms. The number of rotatable bonds is 10. The molecule has 11 heteroatoms. The van der Waals surface area contributed by atoms with Gasteiger partial charge in [-0.2, -0.15) is 8.78 Å². The molecule has 2 nitrogen and oxygen atoms in total. The Bertz CT molecular complexity index is 1730. The van der Waals surface area contributed by atoms with E-state index >= 15 is 17.6 Å². The van der Waals surface area contributed by atoms with E-state index in [1.165, 1.54) is 19.1 Å². The van der Waals surface area contributed by atoms with Crippen LogP contribution in [0.5, 0.6) is 0 Å². The number of allylic oxidation sites excluding steroid dienone is 4. The number of hydrogen-bond acceptors (Lipinski definition) is 2. The van der Waals surface area contributed by atoms with Crippen LogP contribution in [0.1, 0.15) is 67.0 Å². The predicted molar refractivity (Wildman–Crippen MR) is 161 cm³/mol. The summed E-state index contributed by atoms with van der Waals surface area (Å²) < 4.78 is 136. The Balaban J connectivity index is 1.90. The van der Waals surface area contributed by atoms with Crippen molar-refractivity contribution < 1.29 is 49.0 Å². The second kappa shape index (κ2) is 15.3. The molecule has 3 rings (SSSR count). The van der Waals surface area contributed by atoms with Gasteiger partial charge in [-0.25, -0.2) is 17.6 Å². The van der Waals surface area contributed by atoms with E-state index < -0.39 is 52.8 Å². The molecule has 3 aromatic rings. The maximum atomic E-state index is 15.3. The minimum absolute atomic E-state index is 0.0815. The summed E-state index contributed by atoms with van der Waals surface area (Å²) in [5.41, 5.74) is -0.338. The van der Waals surface area contributed by atoms with Crippen LogP contribution < -0.4 is 0 Å². The number of hydrogen-bond donors (Lipinski definition) is 0. The summed E-state index contributed by atoms with van der Waals surface area (Å²) in [5, 5.41) is 0. The fourth-order valence-electron chi connectivity index (χ4n) is 4.71. The minimum Gasteiger partial charge on any atom is -0.429 e. The molecule has 0 heterocycles. The molecule has 0 unspecified atom stereocenters. The molecule has 0 N–H and O–H groups in total. The Morgan fingerprint density at radius 3 is 2.06 bits per heavy atom. The highest BCUT2D eigenvalue weighted by molar-refractivity contribution is 5.70. The molecule has 47 heavy (non-hydrogen) atoms. The van der Waals surface area contributed by atoms with Crippen LogP contribution in [-0.2, 0) is 22.0 Å². The van der Waals surface area contributed by atoms with Gasteiger partial charge in [0.15, 0.2) is 11.6 Å². The quantitative estimate of drug-likeness (QED) is 0.0928. The van der Waals surface area contributed by atoms with Crippen LogP contribution in [-0.4, -0.2) is 6.36 Å². The highest BCUT2D eigenvalue weighted by Gasteiger charge is 2.40. The lowest BCUT2D eigenvalue weighted by atomic mass is 9.94. The van der Waals surface area contributed by atoms with E-state index in [4.69, 9.17) is 0 Å². The van der Waals surface area contributed by atoms with Crippen molar-refractivity contribution in [3.63, 3.8) is 0 Å². The molecule has 3 aromatic carbocycles. The van der Waals surface area contributed by atoms with Crippen molar-refractivity contribution in [1.29, 1.82) is 0 Å². The van der Waals surface area contributed by atoms with Gasteiger partial charge < -0.3 is 9.47 Å². The van der Waals surface area contributed by atoms with Gasteiger partial charge in [0, 0.05) is 17.2 Å². The first kappa shape index (κ1) is 36.9. The minimum atomic E-state index is -5.25. The zero-order valence-corrected chi connectivity index (χ0v) is 26.1. The molecular formula is C36H31F9O2. The molecule has 0 aliphatic rings. The molecule has 0 aliphatic carbocycles. The number of benzene rings is 3. The van der Waals surface area contributed by atoms with Crippen molar-refractivity contribution in [1.82, 2.24) is 0 Å². The Morgan fingerprint density at radius 1 is 0.809 bits per heavy atom. The van der Waals surface area contributed by atoms with Crippen LogP contribution in [0.3, 0.4) is 0 Å². The predicted octanol–water partition coefficient (Wildman–Crippen LogP) is 11.4. The first-order valence-electron chi connectivity index (χ1n) is 14.4. The Hall–Kier alpha value is -4.59. The summed E-state index contributed by atoms with van der Waals surface area (Å²) in [4.78, 5) is 0. The Morgan fingerprint density at radius 2 is 1.51 bits per heavy atom. The largest absolute Gasteiger partial charge is 0.573 e. The van der Waals surface area contributed by atoms with Crippen molar-refractivity contribution in [2.45, 2.75) is 66.4 Å². The summed E-state index contributed by atoms with van der Waals surface area (Å²) in [6, 6.07) is 9.04. The van der Waals surface area contributed by atoms with Gasteiger partial charge in [-0.3, -0.25) is 0 Å². The Kier molecular flexibility index (Phi) is 12.0. The fraction of sp³-hybridized carbons (Fsp3) is 0.278. The number of unbranched alkanes of at least 4 members (excludes halogenated alkanes) is 1. The number of aryl methyl sites for hydroxylation is 3. The van der Waals surface area contributed by atoms with Gasteiger partial charge in [0.1, 0.15) is 28.8 Å². The lowest BCUT2D eigenvalue weighted by Gasteiger charge is -2.22. The lowest BCUT2D eigenvalue weighted by Crippen LogP contribution is -2.21. The zero-order valence-electron chi connectivity index (χ0n) is 26.1. The molecule has 250 valence electrons. The molecule has 0 radical (unpaired) electrons. The van der Waals surface area contributed by atoms with Crippen LogP contribution in [0, 0.1) is 43.1 Å². The summed E-state index contributed by atoms with van der Waals surface area (Å²) in [7, 11) is 0. The van der Waals surface area contributed by atoms with Gasteiger partial charge >= 0.3 is 12.5 Å². The summed E-state index contributed by atoms with van der Waals surface area (Å²) in [6.45, 7) is 6.83. The molecule has 0 spiro atoms.